The van der Waals surface area contributed by atoms with Crippen molar-refractivity contribution in [3.8, 4) is 0 Å². The molecule has 0 saturated heterocycles. The zero-order valence-electron chi connectivity index (χ0n) is 15.0. The summed E-state index contributed by atoms with van der Waals surface area (Å²) in [6, 6.07) is 0. The van der Waals surface area contributed by atoms with E-state index in [0.29, 0.717) is 5.92 Å². The van der Waals surface area contributed by atoms with Crippen LogP contribution in [0.3, 0.4) is 0 Å². The first-order valence-electron chi connectivity index (χ1n) is 8.94. The highest BCUT2D eigenvalue weighted by Crippen LogP contribution is 2.48. The van der Waals surface area contributed by atoms with E-state index >= 15 is 0 Å². The Hall–Kier alpha value is -0.600. The molecule has 0 aliphatic heterocycles. The van der Waals surface area contributed by atoms with Crippen LogP contribution in [0.2, 0.25) is 0 Å². The fraction of sp³-hybridized carbons (Fsp3) is 0.800. The molecule has 1 saturated carbocycles. The fourth-order valence-electron chi connectivity index (χ4n) is 4.26. The van der Waals surface area contributed by atoms with Crippen LogP contribution in [-0.4, -0.2) is 21.4 Å². The predicted octanol–water partition coefficient (Wildman–Crippen LogP) is 4.62. The molecule has 4 atom stereocenters. The second-order valence-electron chi connectivity index (χ2n) is 8.37. The molecule has 2 nitrogen and oxygen atoms in total. The first kappa shape index (κ1) is 17.7. The van der Waals surface area contributed by atoms with Gasteiger partial charge in [0.2, 0.25) is 0 Å². The van der Waals surface area contributed by atoms with Crippen molar-refractivity contribution in [1.82, 2.24) is 0 Å². The molecule has 0 aromatic rings. The minimum atomic E-state index is -0.704. The van der Waals surface area contributed by atoms with Crippen molar-refractivity contribution in [2.45, 2.75) is 84.3 Å². The number of hydrogen-bond acceptors (Lipinski definition) is 2. The smallest absolute Gasteiger partial charge is 0.0686 e. The largest absolute Gasteiger partial charge is 0.390 e. The van der Waals surface area contributed by atoms with E-state index in [9.17, 15) is 10.2 Å². The Kier molecular flexibility index (Phi) is 5.23. The van der Waals surface area contributed by atoms with Gasteiger partial charge in [-0.25, -0.2) is 0 Å². The third kappa shape index (κ3) is 3.83. The second-order valence-corrected chi connectivity index (χ2v) is 8.37. The maximum atomic E-state index is 11.0. The summed E-state index contributed by atoms with van der Waals surface area (Å²) < 4.78 is 0. The van der Waals surface area contributed by atoms with Crippen molar-refractivity contribution < 1.29 is 10.2 Å². The zero-order valence-corrected chi connectivity index (χ0v) is 15.0. The molecule has 0 bridgehead atoms. The van der Waals surface area contributed by atoms with E-state index in [2.05, 4.69) is 32.9 Å². The van der Waals surface area contributed by atoms with Gasteiger partial charge in [0, 0.05) is 5.92 Å². The highest BCUT2D eigenvalue weighted by atomic mass is 16.3. The van der Waals surface area contributed by atoms with Gasteiger partial charge in [0.05, 0.1) is 11.2 Å². The molecule has 0 amide bonds. The van der Waals surface area contributed by atoms with Crippen LogP contribution in [0.15, 0.2) is 23.3 Å². The third-order valence-corrected chi connectivity index (χ3v) is 6.00. The van der Waals surface area contributed by atoms with Crippen LogP contribution >= 0.6 is 0 Å². The van der Waals surface area contributed by atoms with Gasteiger partial charge in [0.1, 0.15) is 0 Å². The van der Waals surface area contributed by atoms with E-state index in [1.807, 2.05) is 13.8 Å². The summed E-state index contributed by atoms with van der Waals surface area (Å²) >= 11 is 0. The molecule has 0 spiro atoms. The molecule has 0 aromatic heterocycles. The van der Waals surface area contributed by atoms with Crippen LogP contribution in [0.25, 0.3) is 0 Å². The van der Waals surface area contributed by atoms with Gasteiger partial charge in [-0.2, -0.15) is 0 Å². The molecule has 0 radical (unpaired) electrons. The first-order valence-corrected chi connectivity index (χ1v) is 8.94. The van der Waals surface area contributed by atoms with E-state index in [4.69, 9.17) is 0 Å². The molecular weight excluding hydrogens is 272 g/mol. The SMILES string of the molecule is C/C1=C\CC[C@](C)(O)[C@H]2CC[C@@](C)(O)[C@@H]2/C=C(/C(C)C)CC1. The van der Waals surface area contributed by atoms with Crippen molar-refractivity contribution >= 4 is 0 Å². The van der Waals surface area contributed by atoms with E-state index in [1.165, 1.54) is 11.1 Å². The minimum Gasteiger partial charge on any atom is -0.390 e. The molecule has 2 rings (SSSR count). The molecule has 0 heterocycles. The van der Waals surface area contributed by atoms with Crippen LogP contribution in [0.1, 0.15) is 73.1 Å². The Labute approximate surface area is 136 Å². The van der Waals surface area contributed by atoms with Gasteiger partial charge in [-0.05, 0) is 71.1 Å². The molecule has 2 heteroatoms. The quantitative estimate of drug-likeness (QED) is 0.694. The highest BCUT2D eigenvalue weighted by Gasteiger charge is 2.49. The lowest BCUT2D eigenvalue weighted by Crippen LogP contribution is -2.41. The topological polar surface area (TPSA) is 40.5 Å². The van der Waals surface area contributed by atoms with Crippen LogP contribution in [0.4, 0.5) is 0 Å². The Morgan fingerprint density at radius 3 is 2.41 bits per heavy atom. The normalized spacial score (nSPS) is 45.5. The van der Waals surface area contributed by atoms with Crippen LogP contribution < -0.4 is 0 Å². The number of aliphatic hydroxyl groups is 2. The Balaban J connectivity index is 2.42. The maximum Gasteiger partial charge on any atom is 0.0686 e. The zero-order chi connectivity index (χ0) is 16.5. The summed E-state index contributed by atoms with van der Waals surface area (Å²) in [6.07, 6.45) is 10.2. The van der Waals surface area contributed by atoms with E-state index in [0.717, 1.165) is 38.5 Å². The lowest BCUT2D eigenvalue weighted by Gasteiger charge is -2.37. The van der Waals surface area contributed by atoms with Crippen molar-refractivity contribution in [3.05, 3.63) is 23.3 Å². The number of rotatable bonds is 1. The lowest BCUT2D eigenvalue weighted by atomic mass is 9.74. The molecule has 0 unspecified atom stereocenters. The molecule has 1 fully saturated rings. The van der Waals surface area contributed by atoms with Gasteiger partial charge in [-0.3, -0.25) is 0 Å². The molecular formula is C20H34O2. The Bertz CT molecular complexity index is 454. The lowest BCUT2D eigenvalue weighted by molar-refractivity contribution is -0.0453. The predicted molar refractivity (Wildman–Crippen MR) is 92.6 cm³/mol. The summed E-state index contributed by atoms with van der Waals surface area (Å²) in [4.78, 5) is 0. The van der Waals surface area contributed by atoms with E-state index in [1.54, 1.807) is 0 Å². The second kappa shape index (κ2) is 6.49. The van der Waals surface area contributed by atoms with Crippen molar-refractivity contribution in [3.63, 3.8) is 0 Å². The monoisotopic (exact) mass is 306 g/mol. The molecule has 22 heavy (non-hydrogen) atoms. The molecule has 2 aliphatic rings. The van der Waals surface area contributed by atoms with Gasteiger partial charge in [0.25, 0.3) is 0 Å². The summed E-state index contributed by atoms with van der Waals surface area (Å²) in [7, 11) is 0. The summed E-state index contributed by atoms with van der Waals surface area (Å²) in [5, 5.41) is 21.9. The molecule has 0 aromatic carbocycles. The molecule has 126 valence electrons. The number of hydrogen-bond donors (Lipinski definition) is 2. The number of allylic oxidation sites excluding steroid dienone is 3. The van der Waals surface area contributed by atoms with E-state index < -0.39 is 11.2 Å². The van der Waals surface area contributed by atoms with Gasteiger partial charge >= 0.3 is 0 Å². The first-order chi connectivity index (χ1) is 10.1. The maximum absolute atomic E-state index is 11.0. The average Bonchev–Trinajstić information content (AvgIpc) is 2.68. The van der Waals surface area contributed by atoms with Crippen molar-refractivity contribution in [2.75, 3.05) is 0 Å². The van der Waals surface area contributed by atoms with Crippen LogP contribution in [0, 0.1) is 17.8 Å². The summed E-state index contributed by atoms with van der Waals surface area (Å²) in [5.41, 5.74) is 1.46. The Morgan fingerprint density at radius 1 is 1.09 bits per heavy atom. The Morgan fingerprint density at radius 2 is 1.77 bits per heavy atom. The summed E-state index contributed by atoms with van der Waals surface area (Å²) in [5.74, 6) is 0.719. The fourth-order valence-corrected chi connectivity index (χ4v) is 4.26. The van der Waals surface area contributed by atoms with Gasteiger partial charge in [-0.1, -0.05) is 37.1 Å². The standard InChI is InChI=1S/C20H34O2/c1-14(2)16-9-8-15(3)7-6-11-19(4,21)17-10-12-20(5,22)18(17)13-16/h7,13-14,17-18,21-22H,6,8-12H2,1-5H3/b15-7+,16-13+/t17-,18+,19-,20+/m0/s1. The number of fused-ring (bicyclic) bond motifs is 1. The third-order valence-electron chi connectivity index (χ3n) is 6.00. The van der Waals surface area contributed by atoms with E-state index in [-0.39, 0.29) is 11.8 Å². The summed E-state index contributed by atoms with van der Waals surface area (Å²) in [6.45, 7) is 10.6. The highest BCUT2D eigenvalue weighted by molar-refractivity contribution is 5.18. The van der Waals surface area contributed by atoms with Gasteiger partial charge in [-0.15, -0.1) is 0 Å². The van der Waals surface area contributed by atoms with Crippen LogP contribution in [-0.2, 0) is 0 Å². The minimum absolute atomic E-state index is 0.0679. The average molecular weight is 306 g/mol. The molecule has 2 aliphatic carbocycles. The van der Waals surface area contributed by atoms with Gasteiger partial charge in [0.15, 0.2) is 0 Å². The van der Waals surface area contributed by atoms with Crippen LogP contribution in [0.5, 0.6) is 0 Å². The van der Waals surface area contributed by atoms with Gasteiger partial charge < -0.3 is 10.2 Å². The van der Waals surface area contributed by atoms with Crippen molar-refractivity contribution in [2.24, 2.45) is 17.8 Å². The van der Waals surface area contributed by atoms with Crippen molar-refractivity contribution in [1.29, 1.82) is 0 Å². The molecule has 2 N–H and O–H groups in total.